The summed E-state index contributed by atoms with van der Waals surface area (Å²) in [6.07, 6.45) is 0.606. The molecule has 5 heteroatoms. The van der Waals surface area contributed by atoms with E-state index in [0.29, 0.717) is 30.0 Å². The van der Waals surface area contributed by atoms with Gasteiger partial charge in [-0.3, -0.25) is 14.9 Å². The van der Waals surface area contributed by atoms with Crippen molar-refractivity contribution in [1.29, 1.82) is 0 Å². The number of nitro benzene ring substituents is 1. The number of benzene rings is 1. The first-order valence-corrected chi connectivity index (χ1v) is 6.23. The van der Waals surface area contributed by atoms with E-state index in [1.165, 1.54) is 6.07 Å². The fraction of sp³-hybridized carbons (Fsp3) is 0.500. The molecule has 19 heavy (non-hydrogen) atoms. The summed E-state index contributed by atoms with van der Waals surface area (Å²) in [5.74, 6) is 0.359. The molecule has 1 atom stereocenters. The second-order valence-electron chi connectivity index (χ2n) is 5.80. The lowest BCUT2D eigenvalue weighted by Crippen LogP contribution is -2.25. The zero-order valence-corrected chi connectivity index (χ0v) is 11.8. The van der Waals surface area contributed by atoms with Crippen LogP contribution in [0.2, 0.25) is 0 Å². The van der Waals surface area contributed by atoms with Crippen LogP contribution >= 0.6 is 0 Å². The Morgan fingerprint density at radius 1 is 1.42 bits per heavy atom. The second-order valence-corrected chi connectivity index (χ2v) is 5.80. The van der Waals surface area contributed by atoms with Crippen LogP contribution in [-0.4, -0.2) is 17.8 Å². The maximum absolute atomic E-state index is 11.0. The summed E-state index contributed by atoms with van der Waals surface area (Å²) >= 11 is 0. The summed E-state index contributed by atoms with van der Waals surface area (Å²) in [7, 11) is 0. The topological polar surface area (TPSA) is 72.2 Å². The van der Waals surface area contributed by atoms with Crippen LogP contribution in [0.25, 0.3) is 0 Å². The number of carbonyl (C=O) groups is 1. The van der Waals surface area contributed by atoms with E-state index in [1.807, 2.05) is 0 Å². The Hall–Kier alpha value is -1.91. The summed E-state index contributed by atoms with van der Waals surface area (Å²) < 4.78 is 0. The highest BCUT2D eigenvalue weighted by atomic mass is 16.6. The van der Waals surface area contributed by atoms with Crippen molar-refractivity contribution in [2.24, 2.45) is 11.3 Å². The minimum Gasteiger partial charge on any atom is -0.379 e. The monoisotopic (exact) mass is 264 g/mol. The van der Waals surface area contributed by atoms with Crippen LogP contribution in [0.15, 0.2) is 18.2 Å². The molecule has 0 bridgehead atoms. The van der Waals surface area contributed by atoms with E-state index in [-0.39, 0.29) is 11.1 Å². The second kappa shape index (κ2) is 5.82. The molecule has 0 fully saturated rings. The molecule has 1 aromatic carbocycles. The van der Waals surface area contributed by atoms with Crippen molar-refractivity contribution in [3.63, 3.8) is 0 Å². The van der Waals surface area contributed by atoms with Crippen LogP contribution < -0.4 is 5.32 Å². The molecular weight excluding hydrogens is 244 g/mol. The number of nitrogens with one attached hydrogen (secondary N) is 1. The van der Waals surface area contributed by atoms with E-state index in [2.05, 4.69) is 33.0 Å². The molecule has 0 radical (unpaired) electrons. The third-order valence-electron chi connectivity index (χ3n) is 3.43. The highest BCUT2D eigenvalue weighted by Gasteiger charge is 2.21. The molecule has 0 saturated heterocycles. The molecule has 5 nitrogen and oxygen atoms in total. The van der Waals surface area contributed by atoms with Crippen molar-refractivity contribution in [3.05, 3.63) is 33.9 Å². The van der Waals surface area contributed by atoms with E-state index < -0.39 is 4.92 Å². The zero-order valence-electron chi connectivity index (χ0n) is 11.8. The highest BCUT2D eigenvalue weighted by Crippen LogP contribution is 2.28. The van der Waals surface area contributed by atoms with Crippen LogP contribution in [0.4, 0.5) is 11.4 Å². The standard InChI is InChI=1S/C14H20N2O3/c1-10(14(2,3)4)8-15-12-6-5-11(9-17)7-13(12)16(18)19/h5-7,9-10,15H,8H2,1-4H3. The van der Waals surface area contributed by atoms with Crippen LogP contribution in [0.1, 0.15) is 38.1 Å². The van der Waals surface area contributed by atoms with Crippen molar-refractivity contribution in [1.82, 2.24) is 0 Å². The van der Waals surface area contributed by atoms with Gasteiger partial charge in [-0.1, -0.05) is 27.7 Å². The van der Waals surface area contributed by atoms with Gasteiger partial charge >= 0.3 is 0 Å². The van der Waals surface area contributed by atoms with Crippen LogP contribution in [0, 0.1) is 21.4 Å². The molecule has 0 aliphatic heterocycles. The number of hydrogen-bond acceptors (Lipinski definition) is 4. The average Bonchev–Trinajstić information content (AvgIpc) is 2.34. The van der Waals surface area contributed by atoms with Gasteiger partial charge in [-0.05, 0) is 23.5 Å². The summed E-state index contributed by atoms with van der Waals surface area (Å²) in [5.41, 5.74) is 0.823. The highest BCUT2D eigenvalue weighted by molar-refractivity contribution is 5.79. The lowest BCUT2D eigenvalue weighted by Gasteiger charge is -2.27. The quantitative estimate of drug-likeness (QED) is 0.502. The van der Waals surface area contributed by atoms with E-state index >= 15 is 0 Å². The van der Waals surface area contributed by atoms with Crippen molar-refractivity contribution in [3.8, 4) is 0 Å². The maximum atomic E-state index is 11.0. The maximum Gasteiger partial charge on any atom is 0.293 e. The van der Waals surface area contributed by atoms with Crippen molar-refractivity contribution >= 4 is 17.7 Å². The smallest absolute Gasteiger partial charge is 0.293 e. The minimum atomic E-state index is -0.475. The number of rotatable bonds is 5. The van der Waals surface area contributed by atoms with Crippen LogP contribution in [-0.2, 0) is 0 Å². The van der Waals surface area contributed by atoms with E-state index in [1.54, 1.807) is 12.1 Å². The molecular formula is C14H20N2O3. The molecule has 0 aliphatic rings. The fourth-order valence-electron chi connectivity index (χ4n) is 1.49. The molecule has 1 unspecified atom stereocenters. The Bertz CT molecular complexity index is 478. The van der Waals surface area contributed by atoms with Gasteiger partial charge in [-0.2, -0.15) is 0 Å². The lowest BCUT2D eigenvalue weighted by molar-refractivity contribution is -0.384. The van der Waals surface area contributed by atoms with Gasteiger partial charge in [0.25, 0.3) is 5.69 Å². The van der Waals surface area contributed by atoms with Crippen molar-refractivity contribution < 1.29 is 9.72 Å². The van der Waals surface area contributed by atoms with Gasteiger partial charge in [0.1, 0.15) is 12.0 Å². The number of anilines is 1. The molecule has 0 saturated carbocycles. The molecule has 0 spiro atoms. The summed E-state index contributed by atoms with van der Waals surface area (Å²) in [6.45, 7) is 9.12. The van der Waals surface area contributed by atoms with E-state index in [9.17, 15) is 14.9 Å². The number of aldehydes is 1. The van der Waals surface area contributed by atoms with Crippen LogP contribution in [0.5, 0.6) is 0 Å². The Labute approximate surface area is 113 Å². The minimum absolute atomic E-state index is 0.0642. The normalized spacial score (nSPS) is 12.8. The number of nitro groups is 1. The molecule has 1 N–H and O–H groups in total. The van der Waals surface area contributed by atoms with Gasteiger partial charge < -0.3 is 5.32 Å². The lowest BCUT2D eigenvalue weighted by atomic mass is 9.82. The largest absolute Gasteiger partial charge is 0.379 e. The SMILES string of the molecule is CC(CNc1ccc(C=O)cc1[N+](=O)[O-])C(C)(C)C. The average molecular weight is 264 g/mol. The van der Waals surface area contributed by atoms with Gasteiger partial charge in [0.2, 0.25) is 0 Å². The van der Waals surface area contributed by atoms with E-state index in [0.717, 1.165) is 0 Å². The molecule has 1 rings (SSSR count). The predicted molar refractivity (Wildman–Crippen MR) is 75.6 cm³/mol. The first-order valence-electron chi connectivity index (χ1n) is 6.23. The third-order valence-corrected chi connectivity index (χ3v) is 3.43. The molecule has 0 aromatic heterocycles. The van der Waals surface area contributed by atoms with Crippen molar-refractivity contribution in [2.75, 3.05) is 11.9 Å². The van der Waals surface area contributed by atoms with Crippen LogP contribution in [0.3, 0.4) is 0 Å². The summed E-state index contributed by atoms with van der Waals surface area (Å²) in [6, 6.07) is 4.44. The van der Waals surface area contributed by atoms with E-state index in [4.69, 9.17) is 0 Å². The molecule has 1 aromatic rings. The first-order chi connectivity index (χ1) is 8.75. The third kappa shape index (κ3) is 4.05. The fourth-order valence-corrected chi connectivity index (χ4v) is 1.49. The Kier molecular flexibility index (Phi) is 4.64. The Morgan fingerprint density at radius 3 is 2.53 bits per heavy atom. The van der Waals surface area contributed by atoms with Crippen molar-refractivity contribution in [2.45, 2.75) is 27.7 Å². The molecule has 104 valence electrons. The number of nitrogens with zero attached hydrogens (tertiary/aromatic N) is 1. The van der Waals surface area contributed by atoms with Gasteiger partial charge in [0.05, 0.1) is 4.92 Å². The van der Waals surface area contributed by atoms with Gasteiger partial charge in [-0.25, -0.2) is 0 Å². The van der Waals surface area contributed by atoms with Gasteiger partial charge in [0, 0.05) is 18.2 Å². The number of hydrogen-bond donors (Lipinski definition) is 1. The predicted octanol–water partition coefficient (Wildman–Crippen LogP) is 3.50. The zero-order chi connectivity index (χ0) is 14.6. The Morgan fingerprint density at radius 2 is 2.05 bits per heavy atom. The Balaban J connectivity index is 2.89. The summed E-state index contributed by atoms with van der Waals surface area (Å²) in [4.78, 5) is 21.2. The first kappa shape index (κ1) is 15.1. The molecule has 0 heterocycles. The molecule has 0 amide bonds. The summed E-state index contributed by atoms with van der Waals surface area (Å²) in [5, 5.41) is 14.1. The van der Waals surface area contributed by atoms with Gasteiger partial charge in [-0.15, -0.1) is 0 Å². The van der Waals surface area contributed by atoms with Gasteiger partial charge in [0.15, 0.2) is 0 Å². The molecule has 0 aliphatic carbocycles. The number of carbonyl (C=O) groups excluding carboxylic acids is 1.